The maximum absolute atomic E-state index is 2.40. The average molecular weight is 186 g/mol. The molecule has 1 fully saturated rings. The van der Waals surface area contributed by atoms with Crippen molar-refractivity contribution < 1.29 is 0 Å². The van der Waals surface area contributed by atoms with Crippen LogP contribution >= 0.6 is 0 Å². The fourth-order valence-electron chi connectivity index (χ4n) is 2.45. The zero-order valence-electron chi connectivity index (χ0n) is 9.56. The molecule has 13 heavy (non-hydrogen) atoms. The number of hydrogen-bond donors (Lipinski definition) is 0. The minimum absolute atomic E-state index is 0. The van der Waals surface area contributed by atoms with Crippen LogP contribution in [0.5, 0.6) is 0 Å². The van der Waals surface area contributed by atoms with Crippen molar-refractivity contribution in [3.63, 3.8) is 0 Å². The summed E-state index contributed by atoms with van der Waals surface area (Å²) < 4.78 is 0. The molecular formula is C13H30. The van der Waals surface area contributed by atoms with Crippen molar-refractivity contribution in [2.75, 3.05) is 0 Å². The molecule has 82 valence electrons. The maximum atomic E-state index is 2.40. The summed E-state index contributed by atoms with van der Waals surface area (Å²) in [6.07, 6.45) is 5.84. The topological polar surface area (TPSA) is 0 Å². The molecule has 0 aromatic heterocycles. The molecule has 1 aliphatic rings. The second-order valence-electron chi connectivity index (χ2n) is 4.19. The molecule has 0 aromatic carbocycles. The van der Waals surface area contributed by atoms with E-state index >= 15 is 0 Å². The standard InChI is InChI=1S/C10H20.C2H6.CH4/c1-4-10-6-8(2)5-9(3)7-10;1-2;/h8-10H,4-7H2,1-3H3;1-2H3;1H4. The van der Waals surface area contributed by atoms with Crippen LogP contribution in [-0.4, -0.2) is 0 Å². The molecule has 0 amide bonds. The SMILES string of the molecule is C.CC.CCC1CC(C)CC(C)C1. The Kier molecular flexibility index (Phi) is 10.2. The number of rotatable bonds is 1. The van der Waals surface area contributed by atoms with E-state index in [-0.39, 0.29) is 7.43 Å². The highest BCUT2D eigenvalue weighted by Crippen LogP contribution is 2.34. The van der Waals surface area contributed by atoms with Gasteiger partial charge in [-0.05, 0) is 37.0 Å². The quantitative estimate of drug-likeness (QED) is 0.532. The first-order valence-corrected chi connectivity index (χ1v) is 5.72. The maximum Gasteiger partial charge on any atom is -0.0412 e. The van der Waals surface area contributed by atoms with Crippen LogP contribution in [0.25, 0.3) is 0 Å². The molecule has 0 heterocycles. The molecule has 1 aliphatic carbocycles. The zero-order chi connectivity index (χ0) is 9.56. The molecule has 0 aliphatic heterocycles. The van der Waals surface area contributed by atoms with Crippen molar-refractivity contribution >= 4 is 0 Å². The van der Waals surface area contributed by atoms with Gasteiger partial charge in [0.2, 0.25) is 0 Å². The average Bonchev–Trinajstić information content (AvgIpc) is 2.06. The third kappa shape index (κ3) is 6.12. The molecule has 0 radical (unpaired) electrons. The van der Waals surface area contributed by atoms with Gasteiger partial charge in [0.15, 0.2) is 0 Å². The van der Waals surface area contributed by atoms with Gasteiger partial charge in [-0.3, -0.25) is 0 Å². The van der Waals surface area contributed by atoms with Gasteiger partial charge in [-0.15, -0.1) is 0 Å². The van der Waals surface area contributed by atoms with Crippen molar-refractivity contribution in [2.24, 2.45) is 17.8 Å². The van der Waals surface area contributed by atoms with Gasteiger partial charge in [-0.25, -0.2) is 0 Å². The first-order valence-electron chi connectivity index (χ1n) is 5.72. The van der Waals surface area contributed by atoms with E-state index in [0.29, 0.717) is 0 Å². The molecule has 1 rings (SSSR count). The van der Waals surface area contributed by atoms with Gasteiger partial charge in [0.25, 0.3) is 0 Å². The largest absolute Gasteiger partial charge is 0.0776 e. The molecular weight excluding hydrogens is 156 g/mol. The Balaban J connectivity index is 0. The smallest absolute Gasteiger partial charge is 0.0412 e. The second-order valence-corrected chi connectivity index (χ2v) is 4.19. The summed E-state index contributed by atoms with van der Waals surface area (Å²) in [5.41, 5.74) is 0. The van der Waals surface area contributed by atoms with E-state index in [1.165, 1.54) is 25.7 Å². The first-order chi connectivity index (χ1) is 5.72. The summed E-state index contributed by atoms with van der Waals surface area (Å²) in [7, 11) is 0. The predicted molar refractivity (Wildman–Crippen MR) is 64.0 cm³/mol. The third-order valence-electron chi connectivity index (χ3n) is 2.85. The van der Waals surface area contributed by atoms with Gasteiger partial charge in [-0.2, -0.15) is 0 Å². The highest BCUT2D eigenvalue weighted by atomic mass is 14.3. The van der Waals surface area contributed by atoms with Crippen molar-refractivity contribution in [3.05, 3.63) is 0 Å². The summed E-state index contributed by atoms with van der Waals surface area (Å²) in [5.74, 6) is 3.03. The van der Waals surface area contributed by atoms with Gasteiger partial charge in [-0.1, -0.05) is 48.5 Å². The molecule has 0 bridgehead atoms. The fourth-order valence-corrected chi connectivity index (χ4v) is 2.45. The van der Waals surface area contributed by atoms with Gasteiger partial charge in [0, 0.05) is 0 Å². The van der Waals surface area contributed by atoms with Crippen molar-refractivity contribution in [2.45, 2.75) is 67.7 Å². The summed E-state index contributed by atoms with van der Waals surface area (Å²) in [6, 6.07) is 0. The fraction of sp³-hybridized carbons (Fsp3) is 1.00. The lowest BCUT2D eigenvalue weighted by atomic mass is 9.76. The molecule has 0 spiro atoms. The monoisotopic (exact) mass is 186 g/mol. The van der Waals surface area contributed by atoms with Crippen LogP contribution < -0.4 is 0 Å². The van der Waals surface area contributed by atoms with Crippen LogP contribution in [0.1, 0.15) is 67.7 Å². The van der Waals surface area contributed by atoms with E-state index in [4.69, 9.17) is 0 Å². The summed E-state index contributed by atoms with van der Waals surface area (Å²) in [6.45, 7) is 11.1. The molecule has 0 saturated heterocycles. The Morgan fingerprint density at radius 3 is 1.62 bits per heavy atom. The van der Waals surface area contributed by atoms with Crippen molar-refractivity contribution in [1.29, 1.82) is 0 Å². The lowest BCUT2D eigenvalue weighted by Crippen LogP contribution is -2.18. The summed E-state index contributed by atoms with van der Waals surface area (Å²) in [4.78, 5) is 0. The highest BCUT2D eigenvalue weighted by Gasteiger charge is 2.21. The molecule has 0 aromatic rings. The lowest BCUT2D eigenvalue weighted by Gasteiger charge is -2.30. The Morgan fingerprint density at radius 2 is 1.31 bits per heavy atom. The van der Waals surface area contributed by atoms with E-state index in [1.54, 1.807) is 0 Å². The summed E-state index contributed by atoms with van der Waals surface area (Å²) in [5, 5.41) is 0. The van der Waals surface area contributed by atoms with E-state index in [9.17, 15) is 0 Å². The van der Waals surface area contributed by atoms with Crippen LogP contribution in [0.4, 0.5) is 0 Å². The molecule has 2 unspecified atom stereocenters. The Morgan fingerprint density at radius 1 is 0.923 bits per heavy atom. The molecule has 0 N–H and O–H groups in total. The van der Waals surface area contributed by atoms with E-state index < -0.39 is 0 Å². The van der Waals surface area contributed by atoms with Gasteiger partial charge >= 0.3 is 0 Å². The van der Waals surface area contributed by atoms with E-state index in [2.05, 4.69) is 20.8 Å². The first kappa shape index (κ1) is 15.5. The minimum atomic E-state index is 0. The Labute approximate surface area is 86.1 Å². The zero-order valence-corrected chi connectivity index (χ0v) is 9.56. The van der Waals surface area contributed by atoms with Crippen LogP contribution in [-0.2, 0) is 0 Å². The van der Waals surface area contributed by atoms with Gasteiger partial charge in [0.1, 0.15) is 0 Å². The lowest BCUT2D eigenvalue weighted by molar-refractivity contribution is 0.215. The normalized spacial score (nSPS) is 32.5. The molecule has 2 atom stereocenters. The number of hydrogen-bond acceptors (Lipinski definition) is 0. The summed E-state index contributed by atoms with van der Waals surface area (Å²) >= 11 is 0. The molecule has 0 heteroatoms. The van der Waals surface area contributed by atoms with E-state index in [0.717, 1.165) is 17.8 Å². The highest BCUT2D eigenvalue weighted by molar-refractivity contribution is 4.73. The Bertz CT molecular complexity index is 86.2. The van der Waals surface area contributed by atoms with Crippen LogP contribution in [0.3, 0.4) is 0 Å². The Hall–Kier alpha value is 0. The van der Waals surface area contributed by atoms with E-state index in [1.807, 2.05) is 13.8 Å². The minimum Gasteiger partial charge on any atom is -0.0776 e. The molecule has 0 nitrogen and oxygen atoms in total. The van der Waals surface area contributed by atoms with Crippen LogP contribution in [0.2, 0.25) is 0 Å². The van der Waals surface area contributed by atoms with Crippen LogP contribution in [0, 0.1) is 17.8 Å². The van der Waals surface area contributed by atoms with Crippen LogP contribution in [0.15, 0.2) is 0 Å². The molecule has 1 saturated carbocycles. The predicted octanol–water partition coefficient (Wildman–Crippen LogP) is 5.13. The van der Waals surface area contributed by atoms with Crippen molar-refractivity contribution in [3.8, 4) is 0 Å². The van der Waals surface area contributed by atoms with Crippen molar-refractivity contribution in [1.82, 2.24) is 0 Å². The van der Waals surface area contributed by atoms with Gasteiger partial charge < -0.3 is 0 Å². The second kappa shape index (κ2) is 8.59. The van der Waals surface area contributed by atoms with Gasteiger partial charge in [0.05, 0.1) is 0 Å². The third-order valence-corrected chi connectivity index (χ3v) is 2.85.